The van der Waals surface area contributed by atoms with E-state index in [9.17, 15) is 9.18 Å². The Morgan fingerprint density at radius 2 is 2.24 bits per heavy atom. The van der Waals surface area contributed by atoms with E-state index in [2.05, 4.69) is 0 Å². The molecule has 0 spiro atoms. The molecule has 0 atom stereocenters. The van der Waals surface area contributed by atoms with E-state index in [4.69, 9.17) is 5.11 Å². The monoisotopic (exact) mass is 235 g/mol. The molecule has 0 radical (unpaired) electrons. The highest BCUT2D eigenvalue weighted by atomic mass is 19.1. The maximum absolute atomic E-state index is 13.5. The highest BCUT2D eigenvalue weighted by molar-refractivity contribution is 5.94. The van der Waals surface area contributed by atoms with Gasteiger partial charge in [0.25, 0.3) is 0 Å². The summed E-state index contributed by atoms with van der Waals surface area (Å²) < 4.78 is 13.5. The number of carbonyl (C=O) groups is 1. The SMILES string of the molecule is CC1=CCN(c2cccc(F)c2C(=O)O)CC1. The van der Waals surface area contributed by atoms with Crippen LogP contribution < -0.4 is 4.90 Å². The Morgan fingerprint density at radius 1 is 1.47 bits per heavy atom. The van der Waals surface area contributed by atoms with Crippen molar-refractivity contribution in [3.8, 4) is 0 Å². The third-order valence-corrected chi connectivity index (χ3v) is 2.98. The van der Waals surface area contributed by atoms with Crippen molar-refractivity contribution in [2.75, 3.05) is 18.0 Å². The van der Waals surface area contributed by atoms with Crippen molar-refractivity contribution >= 4 is 11.7 Å². The Morgan fingerprint density at radius 3 is 2.82 bits per heavy atom. The van der Waals surface area contributed by atoms with Crippen molar-refractivity contribution in [3.63, 3.8) is 0 Å². The molecular weight excluding hydrogens is 221 g/mol. The second kappa shape index (κ2) is 4.57. The van der Waals surface area contributed by atoms with Crippen molar-refractivity contribution in [1.29, 1.82) is 0 Å². The molecule has 0 bridgehead atoms. The second-order valence-corrected chi connectivity index (χ2v) is 4.19. The van der Waals surface area contributed by atoms with Crippen LogP contribution in [0.3, 0.4) is 0 Å². The van der Waals surface area contributed by atoms with Gasteiger partial charge in [0.1, 0.15) is 11.4 Å². The van der Waals surface area contributed by atoms with Crippen LogP contribution in [0.4, 0.5) is 10.1 Å². The van der Waals surface area contributed by atoms with Crippen molar-refractivity contribution in [3.05, 3.63) is 41.2 Å². The molecule has 90 valence electrons. The summed E-state index contributed by atoms with van der Waals surface area (Å²) in [6.45, 7) is 3.41. The molecule has 1 heterocycles. The van der Waals surface area contributed by atoms with Crippen molar-refractivity contribution in [1.82, 2.24) is 0 Å². The molecule has 1 aromatic rings. The molecule has 1 aromatic carbocycles. The highest BCUT2D eigenvalue weighted by Crippen LogP contribution is 2.25. The zero-order valence-electron chi connectivity index (χ0n) is 9.61. The van der Waals surface area contributed by atoms with Gasteiger partial charge >= 0.3 is 5.97 Å². The standard InChI is InChI=1S/C13H14FNO2/c1-9-5-7-15(8-6-9)11-4-2-3-10(14)12(11)13(16)17/h2-5H,6-8H2,1H3,(H,16,17). The maximum atomic E-state index is 13.5. The van der Waals surface area contributed by atoms with Crippen molar-refractivity contribution in [2.24, 2.45) is 0 Å². The summed E-state index contributed by atoms with van der Waals surface area (Å²) in [5, 5.41) is 9.05. The van der Waals surface area contributed by atoms with Gasteiger partial charge in [-0.1, -0.05) is 17.7 Å². The van der Waals surface area contributed by atoms with Crippen LogP contribution in [0.15, 0.2) is 29.8 Å². The third kappa shape index (κ3) is 2.30. The first-order valence-corrected chi connectivity index (χ1v) is 5.52. The van der Waals surface area contributed by atoms with Gasteiger partial charge < -0.3 is 10.0 Å². The molecule has 0 aromatic heterocycles. The summed E-state index contributed by atoms with van der Waals surface area (Å²) in [4.78, 5) is 13.0. The lowest BCUT2D eigenvalue weighted by molar-refractivity contribution is 0.0692. The highest BCUT2D eigenvalue weighted by Gasteiger charge is 2.20. The predicted octanol–water partition coefficient (Wildman–Crippen LogP) is 2.68. The number of hydrogen-bond donors (Lipinski definition) is 1. The lowest BCUT2D eigenvalue weighted by Crippen LogP contribution is -2.30. The lowest BCUT2D eigenvalue weighted by atomic mass is 10.1. The smallest absolute Gasteiger partial charge is 0.340 e. The van der Waals surface area contributed by atoms with Crippen LogP contribution in [0, 0.1) is 5.82 Å². The van der Waals surface area contributed by atoms with Gasteiger partial charge in [0, 0.05) is 13.1 Å². The average molecular weight is 235 g/mol. The number of hydrogen-bond acceptors (Lipinski definition) is 2. The van der Waals surface area contributed by atoms with Gasteiger partial charge in [-0.3, -0.25) is 0 Å². The van der Waals surface area contributed by atoms with Crippen molar-refractivity contribution < 1.29 is 14.3 Å². The molecule has 0 amide bonds. The fourth-order valence-corrected chi connectivity index (χ4v) is 1.98. The van der Waals surface area contributed by atoms with Crippen LogP contribution in [-0.2, 0) is 0 Å². The van der Waals surface area contributed by atoms with Crippen LogP contribution in [0.5, 0.6) is 0 Å². The molecule has 1 N–H and O–H groups in total. The Hall–Kier alpha value is -1.84. The Balaban J connectivity index is 2.39. The Bertz CT molecular complexity index is 482. The molecule has 4 heteroatoms. The minimum Gasteiger partial charge on any atom is -0.478 e. The van der Waals surface area contributed by atoms with Crippen LogP contribution >= 0.6 is 0 Å². The van der Waals surface area contributed by atoms with Crippen molar-refractivity contribution in [2.45, 2.75) is 13.3 Å². The molecule has 17 heavy (non-hydrogen) atoms. The summed E-state index contributed by atoms with van der Waals surface area (Å²) in [6, 6.07) is 4.38. The molecule has 1 aliphatic rings. The Kier molecular flexibility index (Phi) is 3.13. The number of benzene rings is 1. The second-order valence-electron chi connectivity index (χ2n) is 4.19. The van der Waals surface area contributed by atoms with E-state index in [0.717, 1.165) is 13.0 Å². The summed E-state index contributed by atoms with van der Waals surface area (Å²) >= 11 is 0. The molecule has 0 unspecified atom stereocenters. The zero-order valence-corrected chi connectivity index (χ0v) is 9.61. The van der Waals surface area contributed by atoms with E-state index >= 15 is 0 Å². The molecule has 0 saturated heterocycles. The zero-order chi connectivity index (χ0) is 12.4. The molecule has 0 saturated carbocycles. The van der Waals surface area contributed by atoms with Crippen LogP contribution in [0.2, 0.25) is 0 Å². The molecular formula is C13H14FNO2. The number of carboxylic acid groups (broad SMARTS) is 1. The first kappa shape index (κ1) is 11.6. The number of nitrogens with zero attached hydrogens (tertiary/aromatic N) is 1. The largest absolute Gasteiger partial charge is 0.478 e. The Labute approximate surface area is 99.2 Å². The summed E-state index contributed by atoms with van der Waals surface area (Å²) in [6.07, 6.45) is 2.93. The van der Waals surface area contributed by atoms with Crippen LogP contribution in [0.1, 0.15) is 23.7 Å². The predicted molar refractivity (Wildman–Crippen MR) is 63.9 cm³/mol. The van der Waals surface area contributed by atoms with Gasteiger partial charge in [0.05, 0.1) is 5.69 Å². The van der Waals surface area contributed by atoms with Gasteiger partial charge in [-0.25, -0.2) is 9.18 Å². The van der Waals surface area contributed by atoms with E-state index in [1.54, 1.807) is 12.1 Å². The van der Waals surface area contributed by atoms with Crippen LogP contribution in [-0.4, -0.2) is 24.2 Å². The van der Waals surface area contributed by atoms with Crippen LogP contribution in [0.25, 0.3) is 0 Å². The van der Waals surface area contributed by atoms with Gasteiger partial charge in [0.15, 0.2) is 0 Å². The molecule has 2 rings (SSSR count). The van der Waals surface area contributed by atoms with Gasteiger partial charge in [-0.2, -0.15) is 0 Å². The van der Waals surface area contributed by atoms with Gasteiger partial charge in [-0.15, -0.1) is 0 Å². The van der Waals surface area contributed by atoms with E-state index < -0.39 is 11.8 Å². The first-order chi connectivity index (χ1) is 8.09. The first-order valence-electron chi connectivity index (χ1n) is 5.52. The minimum atomic E-state index is -1.22. The molecule has 1 aliphatic heterocycles. The fourth-order valence-electron chi connectivity index (χ4n) is 1.98. The number of carboxylic acids is 1. The topological polar surface area (TPSA) is 40.5 Å². The summed E-state index contributed by atoms with van der Waals surface area (Å²) in [7, 11) is 0. The third-order valence-electron chi connectivity index (χ3n) is 2.98. The number of halogens is 1. The average Bonchev–Trinajstić information content (AvgIpc) is 2.29. The number of aromatic carboxylic acids is 1. The molecule has 0 fully saturated rings. The number of anilines is 1. The van der Waals surface area contributed by atoms with E-state index in [1.807, 2.05) is 17.9 Å². The number of rotatable bonds is 2. The fraction of sp³-hybridized carbons (Fsp3) is 0.308. The summed E-state index contributed by atoms with van der Waals surface area (Å²) in [5.74, 6) is -1.90. The van der Waals surface area contributed by atoms with E-state index in [-0.39, 0.29) is 5.56 Å². The lowest BCUT2D eigenvalue weighted by Gasteiger charge is -2.28. The van der Waals surface area contributed by atoms with Gasteiger partial charge in [-0.05, 0) is 25.5 Å². The van der Waals surface area contributed by atoms with E-state index in [0.29, 0.717) is 12.2 Å². The van der Waals surface area contributed by atoms with Gasteiger partial charge in [0.2, 0.25) is 0 Å². The normalized spacial score (nSPS) is 15.6. The minimum absolute atomic E-state index is 0.236. The maximum Gasteiger partial charge on any atom is 0.340 e. The molecule has 3 nitrogen and oxygen atoms in total. The quantitative estimate of drug-likeness (QED) is 0.801. The molecule has 0 aliphatic carbocycles. The van der Waals surface area contributed by atoms with E-state index in [1.165, 1.54) is 11.6 Å². The summed E-state index contributed by atoms with van der Waals surface area (Å²) in [5.41, 5.74) is 1.51.